The van der Waals surface area contributed by atoms with Crippen molar-refractivity contribution in [2.24, 2.45) is 0 Å². The maximum absolute atomic E-state index is 13.2. The lowest BCUT2D eigenvalue weighted by Gasteiger charge is -2.26. The van der Waals surface area contributed by atoms with Crippen LogP contribution >= 0.6 is 23.5 Å². The molecule has 0 saturated carbocycles. The summed E-state index contributed by atoms with van der Waals surface area (Å²) in [4.78, 5) is 30.3. The predicted octanol–water partition coefficient (Wildman–Crippen LogP) is 5.63. The third-order valence-corrected chi connectivity index (χ3v) is 8.79. The maximum Gasteiger partial charge on any atom is 0.357 e. The zero-order valence-electron chi connectivity index (χ0n) is 26.7. The minimum atomic E-state index is -0.724. The Morgan fingerprint density at radius 1 is 0.750 bits per heavy atom. The number of aromatic nitrogens is 1. The number of nitrogens with zero attached hydrogens (tertiary/aromatic N) is 1. The molecule has 1 aliphatic rings. The summed E-state index contributed by atoms with van der Waals surface area (Å²) < 4.78 is 30.3. The minimum absolute atomic E-state index is 0.00794. The number of thioether (sulfide) groups is 2. The molecule has 1 aromatic heterocycles. The van der Waals surface area contributed by atoms with E-state index >= 15 is 0 Å². The molecule has 0 fully saturated rings. The van der Waals surface area contributed by atoms with Gasteiger partial charge in [0.25, 0.3) is 0 Å². The summed E-state index contributed by atoms with van der Waals surface area (Å²) in [6.07, 6.45) is 3.23. The average Bonchev–Trinajstić information content (AvgIpc) is 3.11. The molecule has 2 aromatic carbocycles. The second-order valence-electron chi connectivity index (χ2n) is 10.6. The standard InChI is InChI=1S/C38H37NO7S2/c1-3-4-5-6-13-21-47-27-32-23-42-22-29(2)44-37(40)34-19-14-20-35(39-34)38(41)46-36(31-17-11-8-12-18-31)25-43-24-33(45-32)28-48-26-30-15-9-7-10-16-30/h1,7-12,14-20,29,32-33,36H,21-28H2,2H3/t29-,32?,33?,36+/m0/s1. The van der Waals surface area contributed by atoms with E-state index in [0.717, 1.165) is 11.3 Å². The summed E-state index contributed by atoms with van der Waals surface area (Å²) in [6.45, 7) is 2.47. The average molecular weight is 684 g/mol. The number of rotatable bonds is 8. The van der Waals surface area contributed by atoms with Crippen LogP contribution in [0.4, 0.5) is 0 Å². The van der Waals surface area contributed by atoms with Crippen LogP contribution in [-0.4, -0.2) is 78.9 Å². The van der Waals surface area contributed by atoms with Gasteiger partial charge in [0.15, 0.2) is 6.10 Å². The van der Waals surface area contributed by atoms with Crippen molar-refractivity contribution >= 4 is 35.5 Å². The number of pyridine rings is 1. The van der Waals surface area contributed by atoms with Crippen molar-refractivity contribution in [2.45, 2.75) is 37.1 Å². The molecule has 248 valence electrons. The lowest BCUT2D eigenvalue weighted by Crippen LogP contribution is -2.34. The minimum Gasteiger partial charge on any atom is -0.455 e. The fraction of sp³-hybridized carbons (Fsp3) is 0.342. The number of esters is 2. The van der Waals surface area contributed by atoms with Gasteiger partial charge in [-0.3, -0.25) is 0 Å². The van der Waals surface area contributed by atoms with E-state index in [1.165, 1.54) is 17.7 Å². The van der Waals surface area contributed by atoms with E-state index in [0.29, 0.717) is 17.3 Å². The van der Waals surface area contributed by atoms with Gasteiger partial charge in [-0.2, -0.15) is 11.8 Å². The molecule has 0 aliphatic carbocycles. The second-order valence-corrected chi connectivity index (χ2v) is 12.7. The van der Waals surface area contributed by atoms with E-state index in [4.69, 9.17) is 30.1 Å². The highest BCUT2D eigenvalue weighted by Crippen LogP contribution is 2.22. The van der Waals surface area contributed by atoms with Crippen LogP contribution in [0.3, 0.4) is 0 Å². The van der Waals surface area contributed by atoms with Gasteiger partial charge < -0.3 is 23.7 Å². The lowest BCUT2D eigenvalue weighted by atomic mass is 10.1. The molecule has 0 N–H and O–H groups in total. The quantitative estimate of drug-likeness (QED) is 0.169. The molecule has 48 heavy (non-hydrogen) atoms. The number of hydrogen-bond donors (Lipinski definition) is 0. The largest absolute Gasteiger partial charge is 0.455 e. The van der Waals surface area contributed by atoms with Crippen LogP contribution in [0.5, 0.6) is 0 Å². The Morgan fingerprint density at radius 3 is 2.10 bits per heavy atom. The molecule has 10 heteroatoms. The highest BCUT2D eigenvalue weighted by atomic mass is 32.2. The number of hydrogen-bond acceptors (Lipinski definition) is 10. The fourth-order valence-electron chi connectivity index (χ4n) is 4.46. The van der Waals surface area contributed by atoms with Crippen molar-refractivity contribution in [3.05, 3.63) is 101 Å². The molecule has 0 spiro atoms. The van der Waals surface area contributed by atoms with Crippen molar-refractivity contribution in [1.29, 1.82) is 0 Å². The zero-order valence-corrected chi connectivity index (χ0v) is 28.3. The van der Waals surface area contributed by atoms with Crippen LogP contribution in [-0.2, 0) is 29.4 Å². The first-order valence-electron chi connectivity index (χ1n) is 15.4. The van der Waals surface area contributed by atoms with Crippen molar-refractivity contribution in [1.82, 2.24) is 4.98 Å². The zero-order chi connectivity index (χ0) is 33.8. The number of benzene rings is 2. The van der Waals surface area contributed by atoms with E-state index in [1.807, 2.05) is 48.5 Å². The van der Waals surface area contributed by atoms with Gasteiger partial charge in [0.05, 0.1) is 44.4 Å². The van der Waals surface area contributed by atoms with Crippen molar-refractivity contribution in [3.8, 4) is 36.0 Å². The van der Waals surface area contributed by atoms with Gasteiger partial charge in [0.1, 0.15) is 17.5 Å². The van der Waals surface area contributed by atoms with E-state index in [9.17, 15) is 9.59 Å². The first-order chi connectivity index (χ1) is 23.5. The normalized spacial score (nSPS) is 20.6. The smallest absolute Gasteiger partial charge is 0.357 e. The van der Waals surface area contributed by atoms with Crippen molar-refractivity contribution in [2.75, 3.05) is 43.7 Å². The fourth-order valence-corrected chi connectivity index (χ4v) is 6.18. The van der Waals surface area contributed by atoms with Crippen molar-refractivity contribution < 1.29 is 33.3 Å². The first kappa shape index (κ1) is 36.6. The Bertz CT molecular complexity index is 1620. The number of carbonyl (C=O) groups is 2. The van der Waals surface area contributed by atoms with Gasteiger partial charge in [-0.05, 0) is 53.9 Å². The van der Waals surface area contributed by atoms with Gasteiger partial charge >= 0.3 is 11.9 Å². The SMILES string of the molecule is C#CC#CC#CCSCC1COC[C@H](C)OC(=O)c2cccc(n2)C(=O)O[C@@H](c2ccccc2)COCC(CSCc2ccccc2)O1. The molecule has 4 rings (SSSR count). The van der Waals surface area contributed by atoms with Gasteiger partial charge in [-0.15, -0.1) is 18.2 Å². The summed E-state index contributed by atoms with van der Waals surface area (Å²) in [6, 6.07) is 24.1. The summed E-state index contributed by atoms with van der Waals surface area (Å²) in [5.74, 6) is 14.3. The lowest BCUT2D eigenvalue weighted by molar-refractivity contribution is -0.0846. The molecule has 2 heterocycles. The molecule has 2 bridgehead atoms. The first-order valence-corrected chi connectivity index (χ1v) is 17.7. The summed E-state index contributed by atoms with van der Waals surface area (Å²) >= 11 is 3.33. The van der Waals surface area contributed by atoms with E-state index in [1.54, 1.807) is 36.5 Å². The molecular formula is C38H37NO7S2. The van der Waals surface area contributed by atoms with Crippen LogP contribution in [0.1, 0.15) is 45.1 Å². The number of fused-ring (bicyclic) bond motifs is 2. The molecule has 4 atom stereocenters. The van der Waals surface area contributed by atoms with Crippen LogP contribution < -0.4 is 0 Å². The molecule has 0 saturated heterocycles. The Kier molecular flexibility index (Phi) is 15.9. The van der Waals surface area contributed by atoms with Gasteiger partial charge in [0, 0.05) is 17.3 Å². The third-order valence-electron chi connectivity index (χ3n) is 6.69. The van der Waals surface area contributed by atoms with E-state index < -0.39 is 24.1 Å². The second kappa shape index (κ2) is 20.9. The third kappa shape index (κ3) is 13.1. The molecule has 8 nitrogen and oxygen atoms in total. The molecule has 1 aliphatic heterocycles. The summed E-state index contributed by atoms with van der Waals surface area (Å²) in [5.41, 5.74) is 1.95. The van der Waals surface area contributed by atoms with Gasteiger partial charge in [-0.25, -0.2) is 14.6 Å². The highest BCUT2D eigenvalue weighted by Gasteiger charge is 2.24. The monoisotopic (exact) mass is 683 g/mol. The maximum atomic E-state index is 13.2. The molecular weight excluding hydrogens is 647 g/mol. The van der Waals surface area contributed by atoms with E-state index in [2.05, 4.69) is 46.7 Å². The Labute approximate surface area is 291 Å². The molecule has 0 amide bonds. The van der Waals surface area contributed by atoms with Crippen LogP contribution in [0, 0.1) is 36.0 Å². The van der Waals surface area contributed by atoms with Crippen molar-refractivity contribution in [3.63, 3.8) is 0 Å². The Hall–Kier alpha value is -4.21. The predicted molar refractivity (Wildman–Crippen MR) is 188 cm³/mol. The van der Waals surface area contributed by atoms with Crippen LogP contribution in [0.2, 0.25) is 0 Å². The Balaban J connectivity index is 1.54. The Morgan fingerprint density at radius 2 is 1.40 bits per heavy atom. The number of carbonyl (C=O) groups excluding carboxylic acids is 2. The topological polar surface area (TPSA) is 93.2 Å². The van der Waals surface area contributed by atoms with E-state index in [-0.39, 0.29) is 50.0 Å². The number of terminal acetylenes is 1. The van der Waals surface area contributed by atoms with Crippen LogP contribution in [0.15, 0.2) is 78.9 Å². The molecule has 0 radical (unpaired) electrons. The van der Waals surface area contributed by atoms with Gasteiger partial charge in [-0.1, -0.05) is 72.7 Å². The van der Waals surface area contributed by atoms with Crippen LogP contribution in [0.25, 0.3) is 0 Å². The number of ether oxygens (including phenoxy) is 5. The highest BCUT2D eigenvalue weighted by molar-refractivity contribution is 7.99. The summed E-state index contributed by atoms with van der Waals surface area (Å²) in [5, 5.41) is 0. The summed E-state index contributed by atoms with van der Waals surface area (Å²) in [7, 11) is 0. The molecule has 3 aromatic rings. The number of cyclic esters (lactones) is 2. The van der Waals surface area contributed by atoms with Gasteiger partial charge in [0.2, 0.25) is 0 Å². The molecule has 2 unspecified atom stereocenters.